The normalized spacial score (nSPS) is 12.8. The van der Waals surface area contributed by atoms with Gasteiger partial charge in [-0.25, -0.2) is 0 Å². The minimum absolute atomic E-state index is 0.644. The third-order valence-electron chi connectivity index (χ3n) is 5.59. The molecule has 0 atom stereocenters. The quantitative estimate of drug-likeness (QED) is 0.108. The van der Waals surface area contributed by atoms with Gasteiger partial charge in [0.1, 0.15) is 0 Å². The molecule has 32 heavy (non-hydrogen) atoms. The Kier molecular flexibility index (Phi) is 20.7. The molecule has 0 saturated carbocycles. The third kappa shape index (κ3) is 13.8. The van der Waals surface area contributed by atoms with Crippen LogP contribution in [0.25, 0.3) is 0 Å². The molecule has 0 aromatic carbocycles. The van der Waals surface area contributed by atoms with Crippen molar-refractivity contribution >= 4 is 17.6 Å². The van der Waals surface area contributed by atoms with Crippen LogP contribution in [-0.4, -0.2) is 57.3 Å². The second kappa shape index (κ2) is 20.6. The Hall–Kier alpha value is 0.194. The second-order valence-electron chi connectivity index (χ2n) is 8.11. The molecule has 0 radical (unpaired) electrons. The highest BCUT2D eigenvalue weighted by Gasteiger charge is 2.41. The molecule has 0 aromatic rings. The summed E-state index contributed by atoms with van der Waals surface area (Å²) in [6, 6.07) is 1.81. The van der Waals surface area contributed by atoms with E-state index in [1.807, 2.05) is 41.5 Å². The van der Waals surface area contributed by atoms with Gasteiger partial charge in [0.15, 0.2) is 0 Å². The van der Waals surface area contributed by atoms with Gasteiger partial charge >= 0.3 is 17.6 Å². The molecule has 0 fully saturated rings. The van der Waals surface area contributed by atoms with Crippen molar-refractivity contribution < 1.29 is 26.6 Å². The van der Waals surface area contributed by atoms with Gasteiger partial charge in [-0.1, -0.05) is 45.4 Å². The monoisotopic (exact) mass is 494 g/mol. The summed E-state index contributed by atoms with van der Waals surface area (Å²) < 4.78 is 36.3. The summed E-state index contributed by atoms with van der Waals surface area (Å²) in [5.41, 5.74) is 0. The van der Waals surface area contributed by atoms with Crippen LogP contribution in [0.1, 0.15) is 99.8 Å². The van der Waals surface area contributed by atoms with Gasteiger partial charge in [0.05, 0.1) is 0 Å². The fourth-order valence-electron chi connectivity index (χ4n) is 4.33. The van der Waals surface area contributed by atoms with E-state index in [2.05, 4.69) is 6.92 Å². The van der Waals surface area contributed by atoms with Crippen molar-refractivity contribution in [2.45, 2.75) is 112 Å². The summed E-state index contributed by atoms with van der Waals surface area (Å²) in [6.07, 6.45) is 9.72. The highest BCUT2D eigenvalue weighted by molar-refractivity contribution is 6.61. The summed E-state index contributed by atoms with van der Waals surface area (Å²) in [5.74, 6) is 0.703. The first kappa shape index (κ1) is 32.2. The predicted molar refractivity (Wildman–Crippen MR) is 137 cm³/mol. The second-order valence-corrected chi connectivity index (χ2v) is 13.6. The molecule has 6 nitrogen and oxygen atoms in total. The van der Waals surface area contributed by atoms with E-state index in [0.717, 1.165) is 24.9 Å². The zero-order chi connectivity index (χ0) is 24.1. The molecule has 0 N–H and O–H groups in total. The molecule has 0 spiro atoms. The van der Waals surface area contributed by atoms with Crippen molar-refractivity contribution in [2.75, 3.05) is 39.6 Å². The van der Waals surface area contributed by atoms with E-state index < -0.39 is 17.6 Å². The summed E-state index contributed by atoms with van der Waals surface area (Å²) in [5, 5.41) is 0. The smallest absolute Gasteiger partial charge is 0.374 e. The molecular formula is C24H54O6Si2. The molecule has 0 amide bonds. The molecule has 0 aliphatic heterocycles. The van der Waals surface area contributed by atoms with Gasteiger partial charge in [0.2, 0.25) is 0 Å². The van der Waals surface area contributed by atoms with Crippen molar-refractivity contribution in [1.29, 1.82) is 0 Å². The van der Waals surface area contributed by atoms with Gasteiger partial charge in [-0.3, -0.25) is 0 Å². The van der Waals surface area contributed by atoms with E-state index in [4.69, 9.17) is 26.6 Å². The summed E-state index contributed by atoms with van der Waals surface area (Å²) in [7, 11) is -5.09. The fraction of sp³-hybridized carbons (Fsp3) is 1.00. The lowest BCUT2D eigenvalue weighted by Gasteiger charge is -2.30. The SMILES string of the molecule is CCCCCC(CCC[Si](OCC)(OCC)OCC)CCC[Si](OCC)(OCC)OCC. The Bertz CT molecular complexity index is 348. The van der Waals surface area contributed by atoms with Gasteiger partial charge in [-0.2, -0.15) is 0 Å². The molecule has 0 aliphatic carbocycles. The van der Waals surface area contributed by atoms with Gasteiger partial charge in [0, 0.05) is 51.7 Å². The van der Waals surface area contributed by atoms with Crippen LogP contribution in [0.15, 0.2) is 0 Å². The Morgan fingerprint density at radius 2 is 0.750 bits per heavy atom. The highest BCUT2D eigenvalue weighted by Crippen LogP contribution is 2.28. The van der Waals surface area contributed by atoms with E-state index in [-0.39, 0.29) is 0 Å². The Balaban J connectivity index is 4.93. The molecule has 0 saturated heterocycles. The molecule has 0 bridgehead atoms. The van der Waals surface area contributed by atoms with Crippen LogP contribution >= 0.6 is 0 Å². The standard InChI is InChI=1S/C24H54O6Si2/c1-8-15-16-19-24(20-17-22-31(25-9-2,26-10-3)27-11-4)21-18-23-32(28-12-5,29-13-6)30-14-7/h24H,8-23H2,1-7H3. The third-order valence-corrected chi connectivity index (χ3v) is 11.9. The molecule has 194 valence electrons. The highest BCUT2D eigenvalue weighted by atomic mass is 28.4. The summed E-state index contributed by atoms with van der Waals surface area (Å²) >= 11 is 0. The minimum Gasteiger partial charge on any atom is -0.374 e. The average molecular weight is 495 g/mol. The van der Waals surface area contributed by atoms with Crippen molar-refractivity contribution in [3.05, 3.63) is 0 Å². The van der Waals surface area contributed by atoms with E-state index in [1.54, 1.807) is 0 Å². The molecule has 0 aromatic heterocycles. The zero-order valence-electron chi connectivity index (χ0n) is 22.3. The maximum atomic E-state index is 6.05. The number of rotatable bonds is 24. The Labute approximate surface area is 201 Å². The van der Waals surface area contributed by atoms with Crippen LogP contribution in [0.3, 0.4) is 0 Å². The van der Waals surface area contributed by atoms with E-state index in [9.17, 15) is 0 Å². The molecular weight excluding hydrogens is 440 g/mol. The van der Waals surface area contributed by atoms with Gasteiger partial charge in [0.25, 0.3) is 0 Å². The van der Waals surface area contributed by atoms with Gasteiger partial charge < -0.3 is 26.6 Å². The van der Waals surface area contributed by atoms with Crippen LogP contribution < -0.4 is 0 Å². The Morgan fingerprint density at radius 3 is 1.03 bits per heavy atom. The first-order valence-electron chi connectivity index (χ1n) is 13.3. The number of hydrogen-bond acceptors (Lipinski definition) is 6. The number of hydrogen-bond donors (Lipinski definition) is 0. The largest absolute Gasteiger partial charge is 0.500 e. The minimum atomic E-state index is -2.55. The summed E-state index contributed by atoms with van der Waals surface area (Å²) in [6.45, 7) is 18.3. The number of unbranched alkanes of at least 4 members (excludes halogenated alkanes) is 2. The van der Waals surface area contributed by atoms with Crippen LogP contribution in [0, 0.1) is 5.92 Å². The van der Waals surface area contributed by atoms with Gasteiger partial charge in [-0.15, -0.1) is 0 Å². The van der Waals surface area contributed by atoms with Crippen molar-refractivity contribution in [3.63, 3.8) is 0 Å². The van der Waals surface area contributed by atoms with E-state index in [0.29, 0.717) is 45.6 Å². The first-order valence-corrected chi connectivity index (χ1v) is 17.2. The lowest BCUT2D eigenvalue weighted by Crippen LogP contribution is -2.46. The van der Waals surface area contributed by atoms with Crippen LogP contribution in [0.4, 0.5) is 0 Å². The molecule has 8 heteroatoms. The van der Waals surface area contributed by atoms with Crippen LogP contribution in [-0.2, 0) is 26.6 Å². The summed E-state index contributed by atoms with van der Waals surface area (Å²) in [4.78, 5) is 0. The maximum absolute atomic E-state index is 6.05. The predicted octanol–water partition coefficient (Wildman–Crippen LogP) is 6.84. The topological polar surface area (TPSA) is 55.4 Å². The van der Waals surface area contributed by atoms with Crippen LogP contribution in [0.2, 0.25) is 12.1 Å². The van der Waals surface area contributed by atoms with E-state index >= 15 is 0 Å². The van der Waals surface area contributed by atoms with Gasteiger partial charge in [-0.05, 0) is 60.3 Å². The molecule has 0 rings (SSSR count). The zero-order valence-corrected chi connectivity index (χ0v) is 24.3. The lowest BCUT2D eigenvalue weighted by atomic mass is 9.92. The molecule has 0 aliphatic rings. The van der Waals surface area contributed by atoms with Crippen LogP contribution in [0.5, 0.6) is 0 Å². The van der Waals surface area contributed by atoms with E-state index in [1.165, 1.54) is 38.5 Å². The van der Waals surface area contributed by atoms with Crippen molar-refractivity contribution in [3.8, 4) is 0 Å². The Morgan fingerprint density at radius 1 is 0.438 bits per heavy atom. The molecule has 0 heterocycles. The fourth-order valence-corrected chi connectivity index (χ4v) is 9.61. The maximum Gasteiger partial charge on any atom is 0.500 e. The average Bonchev–Trinajstić information content (AvgIpc) is 2.75. The van der Waals surface area contributed by atoms with Crippen molar-refractivity contribution in [2.24, 2.45) is 5.92 Å². The first-order chi connectivity index (χ1) is 15.5. The molecule has 0 unspecified atom stereocenters. The lowest BCUT2D eigenvalue weighted by molar-refractivity contribution is 0.0702. The van der Waals surface area contributed by atoms with Crippen molar-refractivity contribution in [1.82, 2.24) is 0 Å².